The molecule has 6 nitrogen and oxygen atoms in total. The number of rotatable bonds is 5. The molecule has 3 aliphatic rings. The molecule has 0 bridgehead atoms. The number of ether oxygens (including phenoxy) is 1. The highest BCUT2D eigenvalue weighted by molar-refractivity contribution is 5.09. The van der Waals surface area contributed by atoms with Crippen molar-refractivity contribution in [3.05, 3.63) is 41.9 Å². The zero-order chi connectivity index (χ0) is 16.6. The van der Waals surface area contributed by atoms with E-state index < -0.39 is 0 Å². The lowest BCUT2D eigenvalue weighted by Crippen LogP contribution is -2.41. The Balaban J connectivity index is 1.18. The van der Waals surface area contributed by atoms with E-state index in [-0.39, 0.29) is 6.10 Å². The predicted molar refractivity (Wildman–Crippen MR) is 90.8 cm³/mol. The number of likely N-dealkylation sites (tertiary alicyclic amines) is 1. The minimum atomic E-state index is 0.234. The smallest absolute Gasteiger partial charge is 0.219 e. The van der Waals surface area contributed by atoms with Crippen LogP contribution < -0.4 is 0 Å². The van der Waals surface area contributed by atoms with E-state index in [2.05, 4.69) is 26.1 Å². The Labute approximate surface area is 147 Å². The van der Waals surface area contributed by atoms with Gasteiger partial charge in [0.1, 0.15) is 0 Å². The molecular weight excluding hydrogens is 316 g/mol. The second kappa shape index (κ2) is 6.50. The van der Waals surface area contributed by atoms with Crippen LogP contribution in [0, 0.1) is 11.8 Å². The van der Waals surface area contributed by atoms with Gasteiger partial charge in [-0.15, -0.1) is 10.2 Å². The minimum Gasteiger partial charge on any atom is -0.425 e. The topological polar surface area (TPSA) is 64.3 Å². The first-order valence-electron chi connectivity index (χ1n) is 9.40. The first kappa shape index (κ1) is 15.5. The Morgan fingerprint density at radius 3 is 3.00 bits per heavy atom. The van der Waals surface area contributed by atoms with Crippen molar-refractivity contribution in [3.63, 3.8) is 0 Å². The summed E-state index contributed by atoms with van der Waals surface area (Å²) < 4.78 is 12.0. The summed E-state index contributed by atoms with van der Waals surface area (Å²) in [6, 6.07) is 4.16. The van der Waals surface area contributed by atoms with Gasteiger partial charge in [0, 0.05) is 37.3 Å². The lowest BCUT2D eigenvalue weighted by molar-refractivity contribution is 0.0793. The highest BCUT2D eigenvalue weighted by Crippen LogP contribution is 2.40. The summed E-state index contributed by atoms with van der Waals surface area (Å²) in [4.78, 5) is 6.75. The van der Waals surface area contributed by atoms with Crippen molar-refractivity contribution in [1.82, 2.24) is 20.1 Å². The Kier molecular flexibility index (Phi) is 4.02. The van der Waals surface area contributed by atoms with Crippen LogP contribution in [0.4, 0.5) is 0 Å². The highest BCUT2D eigenvalue weighted by atomic mass is 16.5. The maximum atomic E-state index is 6.12. The summed E-state index contributed by atoms with van der Waals surface area (Å²) in [7, 11) is 0. The van der Waals surface area contributed by atoms with Gasteiger partial charge >= 0.3 is 0 Å². The van der Waals surface area contributed by atoms with E-state index in [1.165, 1.54) is 24.8 Å². The number of pyridine rings is 1. The number of fused-ring (bicyclic) bond motifs is 1. The van der Waals surface area contributed by atoms with Crippen LogP contribution in [-0.4, -0.2) is 45.9 Å². The van der Waals surface area contributed by atoms with Crippen molar-refractivity contribution in [2.75, 3.05) is 19.7 Å². The monoisotopic (exact) mass is 340 g/mol. The lowest BCUT2D eigenvalue weighted by atomic mass is 9.83. The van der Waals surface area contributed by atoms with Crippen molar-refractivity contribution in [2.45, 2.75) is 44.2 Å². The third-order valence-corrected chi connectivity index (χ3v) is 5.79. The molecule has 1 saturated carbocycles. The van der Waals surface area contributed by atoms with Crippen molar-refractivity contribution in [3.8, 4) is 0 Å². The molecule has 2 saturated heterocycles. The van der Waals surface area contributed by atoms with Gasteiger partial charge in [-0.3, -0.25) is 9.88 Å². The van der Waals surface area contributed by atoms with Crippen LogP contribution in [0.15, 0.2) is 28.9 Å². The van der Waals surface area contributed by atoms with Crippen LogP contribution in [-0.2, 0) is 17.7 Å². The average Bonchev–Trinajstić information content (AvgIpc) is 3.27. The van der Waals surface area contributed by atoms with E-state index in [9.17, 15) is 0 Å². The average molecular weight is 340 g/mol. The van der Waals surface area contributed by atoms with Crippen LogP contribution in [0.3, 0.4) is 0 Å². The van der Waals surface area contributed by atoms with Crippen LogP contribution in [0.2, 0.25) is 0 Å². The van der Waals surface area contributed by atoms with E-state index in [1.807, 2.05) is 18.5 Å². The number of aromatic nitrogens is 3. The van der Waals surface area contributed by atoms with Gasteiger partial charge in [0.25, 0.3) is 0 Å². The predicted octanol–water partition coefficient (Wildman–Crippen LogP) is 2.42. The Hall–Kier alpha value is -1.79. The fourth-order valence-electron chi connectivity index (χ4n) is 4.28. The first-order chi connectivity index (χ1) is 12.3. The quantitative estimate of drug-likeness (QED) is 0.833. The standard InChI is InChI=1S/C19H24N4O2/c1-2-13(9-20-6-1)10-23-7-5-16-15(11-23)12-24-17(16)8-18-21-22-19(25-18)14-3-4-14/h1-2,6,9,14-17H,3-5,7-8,10-12H2/t15-,16-,17+/m1/s1. The Bertz CT molecular complexity index is 715. The zero-order valence-electron chi connectivity index (χ0n) is 14.4. The first-order valence-corrected chi connectivity index (χ1v) is 9.40. The number of hydrogen-bond donors (Lipinski definition) is 0. The van der Waals surface area contributed by atoms with Gasteiger partial charge in [-0.1, -0.05) is 6.07 Å². The Morgan fingerprint density at radius 2 is 2.16 bits per heavy atom. The molecule has 132 valence electrons. The van der Waals surface area contributed by atoms with Gasteiger partial charge in [-0.2, -0.15) is 0 Å². The fourth-order valence-corrected chi connectivity index (χ4v) is 4.28. The molecule has 2 aliphatic heterocycles. The third-order valence-electron chi connectivity index (χ3n) is 5.79. The highest BCUT2D eigenvalue weighted by Gasteiger charge is 2.41. The molecule has 3 fully saturated rings. The molecule has 0 amide bonds. The molecule has 0 unspecified atom stereocenters. The largest absolute Gasteiger partial charge is 0.425 e. The van der Waals surface area contributed by atoms with Crippen molar-refractivity contribution >= 4 is 0 Å². The maximum Gasteiger partial charge on any atom is 0.219 e. The zero-order valence-corrected chi connectivity index (χ0v) is 14.4. The lowest BCUT2D eigenvalue weighted by Gasteiger charge is -2.35. The molecule has 5 rings (SSSR count). The molecule has 0 spiro atoms. The van der Waals surface area contributed by atoms with Crippen molar-refractivity contribution < 1.29 is 9.15 Å². The SMILES string of the molecule is c1cncc(CN2CC[C@@H]3[C@@H](CO[C@H]3Cc3nnc(C4CC4)o3)C2)c1. The van der Waals surface area contributed by atoms with Gasteiger partial charge < -0.3 is 9.15 Å². The minimum absolute atomic E-state index is 0.234. The number of piperidine rings is 1. The summed E-state index contributed by atoms with van der Waals surface area (Å²) in [6.07, 6.45) is 8.36. The summed E-state index contributed by atoms with van der Waals surface area (Å²) in [5, 5.41) is 8.43. The second-order valence-electron chi connectivity index (χ2n) is 7.69. The Morgan fingerprint density at radius 1 is 1.20 bits per heavy atom. The van der Waals surface area contributed by atoms with Crippen LogP contribution >= 0.6 is 0 Å². The van der Waals surface area contributed by atoms with E-state index in [4.69, 9.17) is 9.15 Å². The molecule has 2 aromatic heterocycles. The van der Waals surface area contributed by atoms with Crippen LogP contribution in [0.1, 0.15) is 42.5 Å². The summed E-state index contributed by atoms with van der Waals surface area (Å²) >= 11 is 0. The number of hydrogen-bond acceptors (Lipinski definition) is 6. The van der Waals surface area contributed by atoms with E-state index in [0.29, 0.717) is 17.8 Å². The van der Waals surface area contributed by atoms with Crippen molar-refractivity contribution in [2.24, 2.45) is 11.8 Å². The van der Waals surface area contributed by atoms with Gasteiger partial charge in [0.05, 0.1) is 19.1 Å². The molecule has 4 heterocycles. The molecule has 0 radical (unpaired) electrons. The molecule has 3 atom stereocenters. The summed E-state index contributed by atoms with van der Waals surface area (Å²) in [5.74, 6) is 3.33. The second-order valence-corrected chi connectivity index (χ2v) is 7.69. The van der Waals surface area contributed by atoms with Crippen LogP contribution in [0.25, 0.3) is 0 Å². The van der Waals surface area contributed by atoms with E-state index in [0.717, 1.165) is 44.4 Å². The van der Waals surface area contributed by atoms with Gasteiger partial charge in [0.15, 0.2) is 0 Å². The molecule has 1 aliphatic carbocycles. The summed E-state index contributed by atoms with van der Waals surface area (Å²) in [5.41, 5.74) is 1.29. The number of nitrogens with zero attached hydrogens (tertiary/aromatic N) is 4. The molecule has 0 aromatic carbocycles. The molecular formula is C19H24N4O2. The van der Waals surface area contributed by atoms with Gasteiger partial charge in [-0.25, -0.2) is 0 Å². The fraction of sp³-hybridized carbons (Fsp3) is 0.632. The van der Waals surface area contributed by atoms with Crippen LogP contribution in [0.5, 0.6) is 0 Å². The van der Waals surface area contributed by atoms with Gasteiger partial charge in [-0.05, 0) is 43.4 Å². The van der Waals surface area contributed by atoms with E-state index >= 15 is 0 Å². The maximum absolute atomic E-state index is 6.12. The third kappa shape index (κ3) is 3.33. The summed E-state index contributed by atoms with van der Waals surface area (Å²) in [6.45, 7) is 4.05. The van der Waals surface area contributed by atoms with E-state index in [1.54, 1.807) is 0 Å². The van der Waals surface area contributed by atoms with Gasteiger partial charge in [0.2, 0.25) is 11.8 Å². The molecule has 25 heavy (non-hydrogen) atoms. The molecule has 2 aromatic rings. The molecule has 0 N–H and O–H groups in total. The normalized spacial score (nSPS) is 29.7. The van der Waals surface area contributed by atoms with Crippen molar-refractivity contribution in [1.29, 1.82) is 0 Å². The molecule has 6 heteroatoms.